The largest absolute Gasteiger partial charge is 0.478 e. The van der Waals surface area contributed by atoms with Crippen molar-refractivity contribution in [3.8, 4) is 5.88 Å². The van der Waals surface area contributed by atoms with Crippen LogP contribution in [-0.2, 0) is 4.74 Å². The van der Waals surface area contributed by atoms with Crippen LogP contribution < -0.4 is 10.1 Å². The van der Waals surface area contributed by atoms with Crippen molar-refractivity contribution in [1.29, 1.82) is 0 Å². The number of carbonyl (C=O) groups is 2. The second-order valence-electron chi connectivity index (χ2n) is 8.79. The number of nitrogens with zero attached hydrogens (tertiary/aromatic N) is 1. The second kappa shape index (κ2) is 9.57. The zero-order valence-electron chi connectivity index (χ0n) is 19.8. The minimum atomic E-state index is -0.642. The van der Waals surface area contributed by atoms with Gasteiger partial charge in [-0.3, -0.25) is 4.79 Å². The van der Waals surface area contributed by atoms with Gasteiger partial charge < -0.3 is 14.8 Å². The predicted molar refractivity (Wildman–Crippen MR) is 125 cm³/mol. The summed E-state index contributed by atoms with van der Waals surface area (Å²) in [5.41, 5.74) is 0.540. The molecule has 1 aromatic heterocycles. The molecule has 0 aliphatic heterocycles. The molecule has 0 bridgehead atoms. The molecule has 0 fully saturated rings. The van der Waals surface area contributed by atoms with Gasteiger partial charge in [-0.15, -0.1) is 0 Å². The maximum atomic E-state index is 15.4. The zero-order valence-corrected chi connectivity index (χ0v) is 19.8. The van der Waals surface area contributed by atoms with E-state index in [1.165, 1.54) is 6.07 Å². The van der Waals surface area contributed by atoms with Gasteiger partial charge in [-0.05, 0) is 76.3 Å². The Bertz CT molecular complexity index is 1200. The number of ketones is 1. The molecule has 0 unspecified atom stereocenters. The lowest BCUT2D eigenvalue weighted by Gasteiger charge is -2.23. The molecule has 0 radical (unpaired) electrons. The van der Waals surface area contributed by atoms with Crippen LogP contribution in [0.15, 0.2) is 42.6 Å². The van der Waals surface area contributed by atoms with E-state index in [2.05, 4.69) is 10.3 Å². The highest BCUT2D eigenvalue weighted by molar-refractivity contribution is 6.17. The van der Waals surface area contributed by atoms with Crippen molar-refractivity contribution in [1.82, 2.24) is 10.3 Å². The third-order valence-corrected chi connectivity index (χ3v) is 5.17. The Morgan fingerprint density at radius 1 is 1.09 bits per heavy atom. The number of halogens is 1. The molecule has 2 aromatic carbocycles. The molecule has 3 aromatic rings. The molecule has 6 nitrogen and oxygen atoms in total. The molecule has 7 heteroatoms. The number of carbonyl (C=O) groups excluding carboxylic acids is 2. The molecule has 33 heavy (non-hydrogen) atoms. The molecular weight excluding hydrogens is 423 g/mol. The van der Waals surface area contributed by atoms with Crippen LogP contribution in [0.2, 0.25) is 0 Å². The van der Waals surface area contributed by atoms with Crippen LogP contribution in [0.25, 0.3) is 10.8 Å². The van der Waals surface area contributed by atoms with Crippen LogP contribution in [0, 0.1) is 12.7 Å². The number of amides is 1. The van der Waals surface area contributed by atoms with E-state index >= 15 is 4.39 Å². The Morgan fingerprint density at radius 2 is 1.82 bits per heavy atom. The number of fused-ring (bicyclic) bond motifs is 1. The van der Waals surface area contributed by atoms with Crippen molar-refractivity contribution in [3.63, 3.8) is 0 Å². The standard InChI is InChI=1S/C26H29FN2O4/c1-7-32-24-20-10-8-9-19(18(20)13-14-28-24)23(30)21-12-11-17(15(2)22(21)27)16(3)29-25(31)33-26(4,5)6/h8-14,16H,7H2,1-6H3,(H,29,31)/t16-/m0/s1. The van der Waals surface area contributed by atoms with Gasteiger partial charge in [-0.2, -0.15) is 0 Å². The summed E-state index contributed by atoms with van der Waals surface area (Å²) in [6.45, 7) is 10.9. The van der Waals surface area contributed by atoms with Gasteiger partial charge in [0.15, 0.2) is 5.78 Å². The minimum absolute atomic E-state index is 0.0389. The quantitative estimate of drug-likeness (QED) is 0.471. The number of benzene rings is 2. The van der Waals surface area contributed by atoms with Gasteiger partial charge in [0.1, 0.15) is 11.4 Å². The first-order valence-corrected chi connectivity index (χ1v) is 10.9. The fourth-order valence-corrected chi connectivity index (χ4v) is 3.68. The molecule has 3 rings (SSSR count). The molecule has 0 saturated carbocycles. The van der Waals surface area contributed by atoms with Gasteiger partial charge in [0.25, 0.3) is 0 Å². The van der Waals surface area contributed by atoms with Crippen LogP contribution in [0.3, 0.4) is 0 Å². The Hall–Kier alpha value is -3.48. The molecule has 0 aliphatic carbocycles. The molecule has 1 heterocycles. The molecule has 1 amide bonds. The van der Waals surface area contributed by atoms with Crippen molar-refractivity contribution in [3.05, 3.63) is 70.7 Å². The van der Waals surface area contributed by atoms with Crippen molar-refractivity contribution in [2.24, 2.45) is 0 Å². The van der Waals surface area contributed by atoms with E-state index in [-0.39, 0.29) is 5.56 Å². The van der Waals surface area contributed by atoms with E-state index in [1.807, 2.05) is 13.0 Å². The Morgan fingerprint density at radius 3 is 2.48 bits per heavy atom. The highest BCUT2D eigenvalue weighted by atomic mass is 19.1. The average Bonchev–Trinajstić information content (AvgIpc) is 2.73. The summed E-state index contributed by atoms with van der Waals surface area (Å²) in [6.07, 6.45) is 0.975. The summed E-state index contributed by atoms with van der Waals surface area (Å²) in [7, 11) is 0. The highest BCUT2D eigenvalue weighted by Crippen LogP contribution is 2.30. The zero-order chi connectivity index (χ0) is 24.3. The minimum Gasteiger partial charge on any atom is -0.478 e. The average molecular weight is 453 g/mol. The van der Waals surface area contributed by atoms with Gasteiger partial charge in [0, 0.05) is 17.1 Å². The second-order valence-corrected chi connectivity index (χ2v) is 8.79. The maximum Gasteiger partial charge on any atom is 0.408 e. The smallest absolute Gasteiger partial charge is 0.408 e. The van der Waals surface area contributed by atoms with Gasteiger partial charge in [-0.1, -0.05) is 18.2 Å². The van der Waals surface area contributed by atoms with E-state index < -0.39 is 29.3 Å². The van der Waals surface area contributed by atoms with Crippen LogP contribution in [0.4, 0.5) is 9.18 Å². The third-order valence-electron chi connectivity index (χ3n) is 5.17. The van der Waals surface area contributed by atoms with Crippen LogP contribution in [0.1, 0.15) is 67.7 Å². The molecule has 0 saturated heterocycles. The summed E-state index contributed by atoms with van der Waals surface area (Å²) < 4.78 is 26.2. The predicted octanol–water partition coefficient (Wildman–Crippen LogP) is 5.90. The highest BCUT2D eigenvalue weighted by Gasteiger charge is 2.23. The number of rotatable bonds is 6. The third kappa shape index (κ3) is 5.30. The van der Waals surface area contributed by atoms with Crippen molar-refractivity contribution in [2.45, 2.75) is 53.2 Å². The summed E-state index contributed by atoms with van der Waals surface area (Å²) in [5.74, 6) is -0.626. The van der Waals surface area contributed by atoms with E-state index in [4.69, 9.17) is 9.47 Å². The topological polar surface area (TPSA) is 77.5 Å². The van der Waals surface area contributed by atoms with Crippen molar-refractivity contribution in [2.75, 3.05) is 6.61 Å². The first-order valence-electron chi connectivity index (χ1n) is 10.9. The first-order chi connectivity index (χ1) is 15.5. The van der Waals surface area contributed by atoms with Crippen molar-refractivity contribution >= 4 is 22.6 Å². The molecular formula is C26H29FN2O4. The van der Waals surface area contributed by atoms with Crippen LogP contribution in [-0.4, -0.2) is 29.1 Å². The van der Waals surface area contributed by atoms with Crippen LogP contribution >= 0.6 is 0 Å². The van der Waals surface area contributed by atoms with E-state index in [0.29, 0.717) is 39.9 Å². The van der Waals surface area contributed by atoms with Gasteiger partial charge in [0.2, 0.25) is 5.88 Å². The Labute approximate surface area is 193 Å². The Balaban J connectivity index is 1.94. The number of hydrogen-bond acceptors (Lipinski definition) is 5. The molecule has 0 spiro atoms. The van der Waals surface area contributed by atoms with E-state index in [1.54, 1.807) is 65.1 Å². The number of pyridine rings is 1. The summed E-state index contributed by atoms with van der Waals surface area (Å²) in [4.78, 5) is 29.7. The fraction of sp³-hybridized carbons (Fsp3) is 0.346. The number of hydrogen-bond donors (Lipinski definition) is 1. The summed E-state index contributed by atoms with van der Waals surface area (Å²) in [5, 5.41) is 4.04. The van der Waals surface area contributed by atoms with Crippen molar-refractivity contribution < 1.29 is 23.5 Å². The lowest BCUT2D eigenvalue weighted by molar-refractivity contribution is 0.0507. The summed E-state index contributed by atoms with van der Waals surface area (Å²) >= 11 is 0. The fourth-order valence-electron chi connectivity index (χ4n) is 3.68. The first kappa shape index (κ1) is 24.2. The SMILES string of the molecule is CCOc1nccc2c(C(=O)c3ccc([C@H](C)NC(=O)OC(C)(C)C)c(C)c3F)cccc12. The van der Waals surface area contributed by atoms with E-state index in [0.717, 1.165) is 0 Å². The summed E-state index contributed by atoms with van der Waals surface area (Å²) in [6, 6.07) is 9.54. The monoisotopic (exact) mass is 452 g/mol. The lowest BCUT2D eigenvalue weighted by atomic mass is 9.93. The molecule has 0 aliphatic rings. The van der Waals surface area contributed by atoms with Gasteiger partial charge in [0.05, 0.1) is 18.2 Å². The molecule has 174 valence electrons. The molecule has 1 atom stereocenters. The number of alkyl carbamates (subject to hydrolysis) is 1. The molecule has 1 N–H and O–H groups in total. The van der Waals surface area contributed by atoms with Crippen LogP contribution in [0.5, 0.6) is 5.88 Å². The maximum absolute atomic E-state index is 15.4. The van der Waals surface area contributed by atoms with Gasteiger partial charge in [-0.25, -0.2) is 14.2 Å². The van der Waals surface area contributed by atoms with Gasteiger partial charge >= 0.3 is 6.09 Å². The normalized spacial score (nSPS) is 12.3. The number of nitrogens with one attached hydrogen (secondary N) is 1. The Kier molecular flexibility index (Phi) is 7.01. The number of ether oxygens (including phenoxy) is 2. The lowest BCUT2D eigenvalue weighted by Crippen LogP contribution is -2.34. The number of aromatic nitrogens is 1. The van der Waals surface area contributed by atoms with E-state index in [9.17, 15) is 9.59 Å².